The van der Waals surface area contributed by atoms with E-state index in [0.717, 1.165) is 25.1 Å². The molecule has 0 saturated carbocycles. The summed E-state index contributed by atoms with van der Waals surface area (Å²) in [5.74, 6) is 0.765. The van der Waals surface area contributed by atoms with Gasteiger partial charge in [-0.1, -0.05) is 6.07 Å². The highest BCUT2D eigenvalue weighted by molar-refractivity contribution is 5.72. The molecule has 4 heteroatoms. The number of carbonyl (C=O) groups excluding carboxylic acids is 1. The van der Waals surface area contributed by atoms with Gasteiger partial charge in [-0.15, -0.1) is 0 Å². The van der Waals surface area contributed by atoms with Gasteiger partial charge in [0.15, 0.2) is 0 Å². The number of rotatable bonds is 1. The van der Waals surface area contributed by atoms with Gasteiger partial charge in [0, 0.05) is 13.0 Å². The number of hydrogen-bond donors (Lipinski definition) is 1. The van der Waals surface area contributed by atoms with E-state index < -0.39 is 0 Å². The summed E-state index contributed by atoms with van der Waals surface area (Å²) in [6, 6.07) is 6.13. The van der Waals surface area contributed by atoms with Crippen LogP contribution < -0.4 is 10.1 Å². The van der Waals surface area contributed by atoms with Gasteiger partial charge in [-0.05, 0) is 29.7 Å². The second-order valence-electron chi connectivity index (χ2n) is 4.93. The second-order valence-corrected chi connectivity index (χ2v) is 4.93. The van der Waals surface area contributed by atoms with Gasteiger partial charge in [0.05, 0.1) is 25.7 Å². The zero-order valence-electron chi connectivity index (χ0n) is 10.5. The summed E-state index contributed by atoms with van der Waals surface area (Å²) in [6.07, 6.45) is 2.24. The molecular formula is C14H17NO3. The number of ether oxygens (including phenoxy) is 2. The summed E-state index contributed by atoms with van der Waals surface area (Å²) in [5, 5.41) is 3.52. The fourth-order valence-corrected chi connectivity index (χ4v) is 3.01. The maximum absolute atomic E-state index is 11.6. The predicted octanol–water partition coefficient (Wildman–Crippen LogP) is 1.37. The molecule has 18 heavy (non-hydrogen) atoms. The summed E-state index contributed by atoms with van der Waals surface area (Å²) >= 11 is 0. The lowest BCUT2D eigenvalue weighted by Gasteiger charge is -2.42. The molecule has 0 amide bonds. The maximum Gasteiger partial charge on any atom is 0.308 e. The lowest BCUT2D eigenvalue weighted by molar-refractivity contribution is -0.151. The first-order chi connectivity index (χ1) is 8.73. The van der Waals surface area contributed by atoms with Crippen molar-refractivity contribution in [3.63, 3.8) is 0 Å². The average molecular weight is 247 g/mol. The summed E-state index contributed by atoms with van der Waals surface area (Å²) < 4.78 is 10.3. The molecular weight excluding hydrogens is 230 g/mol. The van der Waals surface area contributed by atoms with Crippen molar-refractivity contribution in [3.8, 4) is 5.75 Å². The van der Waals surface area contributed by atoms with Gasteiger partial charge in [0.25, 0.3) is 0 Å². The van der Waals surface area contributed by atoms with E-state index >= 15 is 0 Å². The van der Waals surface area contributed by atoms with Crippen molar-refractivity contribution in [1.82, 2.24) is 5.32 Å². The molecule has 2 heterocycles. The monoisotopic (exact) mass is 247 g/mol. The first-order valence-corrected chi connectivity index (χ1v) is 6.32. The van der Waals surface area contributed by atoms with E-state index in [4.69, 9.17) is 9.47 Å². The van der Waals surface area contributed by atoms with E-state index in [9.17, 15) is 4.79 Å². The van der Waals surface area contributed by atoms with Crippen LogP contribution in [0.4, 0.5) is 0 Å². The van der Waals surface area contributed by atoms with E-state index in [2.05, 4.69) is 17.4 Å². The number of hydrogen-bond acceptors (Lipinski definition) is 4. The Balaban J connectivity index is 2.03. The fourth-order valence-electron chi connectivity index (χ4n) is 3.01. The molecule has 0 radical (unpaired) electrons. The highest BCUT2D eigenvalue weighted by Crippen LogP contribution is 2.38. The quantitative estimate of drug-likeness (QED) is 0.761. The summed E-state index contributed by atoms with van der Waals surface area (Å²) in [4.78, 5) is 11.6. The van der Waals surface area contributed by atoms with Crippen LogP contribution in [0.5, 0.6) is 5.75 Å². The molecule has 1 saturated heterocycles. The number of benzene rings is 1. The Bertz CT molecular complexity index is 486. The summed E-state index contributed by atoms with van der Waals surface area (Å²) in [6.45, 7) is 1.39. The van der Waals surface area contributed by atoms with Crippen LogP contribution in [0.15, 0.2) is 18.2 Å². The molecule has 1 N–H and O–H groups in total. The number of cyclic esters (lactones) is 1. The van der Waals surface area contributed by atoms with Crippen molar-refractivity contribution in [2.45, 2.75) is 24.8 Å². The maximum atomic E-state index is 11.6. The molecule has 0 aromatic heterocycles. The van der Waals surface area contributed by atoms with E-state index in [1.165, 1.54) is 11.1 Å². The zero-order chi connectivity index (χ0) is 12.6. The van der Waals surface area contributed by atoms with E-state index in [1.54, 1.807) is 7.11 Å². The average Bonchev–Trinajstić information content (AvgIpc) is 2.38. The van der Waals surface area contributed by atoms with Crippen molar-refractivity contribution in [3.05, 3.63) is 29.3 Å². The lowest BCUT2D eigenvalue weighted by atomic mass is 9.77. The van der Waals surface area contributed by atoms with Gasteiger partial charge in [0.2, 0.25) is 0 Å². The van der Waals surface area contributed by atoms with Crippen molar-refractivity contribution < 1.29 is 14.3 Å². The van der Waals surface area contributed by atoms with Crippen LogP contribution in [0.3, 0.4) is 0 Å². The van der Waals surface area contributed by atoms with E-state index in [1.807, 2.05) is 6.07 Å². The molecule has 4 nitrogen and oxygen atoms in total. The third-order valence-electron chi connectivity index (χ3n) is 3.92. The Morgan fingerprint density at radius 3 is 3.11 bits per heavy atom. The molecule has 0 aliphatic carbocycles. The Morgan fingerprint density at radius 1 is 1.44 bits per heavy atom. The highest BCUT2D eigenvalue weighted by Gasteiger charge is 2.41. The molecule has 1 aromatic rings. The fraction of sp³-hybridized carbons (Fsp3) is 0.500. The minimum Gasteiger partial charge on any atom is -0.497 e. The molecule has 1 fully saturated rings. The van der Waals surface area contributed by atoms with Crippen LogP contribution in [-0.2, 0) is 21.5 Å². The van der Waals surface area contributed by atoms with Gasteiger partial charge < -0.3 is 14.8 Å². The van der Waals surface area contributed by atoms with Gasteiger partial charge in [-0.2, -0.15) is 0 Å². The Morgan fingerprint density at radius 2 is 2.33 bits per heavy atom. The molecule has 0 bridgehead atoms. The number of methoxy groups -OCH3 is 1. The van der Waals surface area contributed by atoms with Crippen molar-refractivity contribution in [2.75, 3.05) is 20.3 Å². The standard InChI is InChI=1S/C14H17NO3/c1-17-11-2-3-12-10(8-11)4-6-15-14(12)5-7-18-13(16)9-14/h2-3,8,15H,4-7,9H2,1H3. The van der Waals surface area contributed by atoms with E-state index in [0.29, 0.717) is 13.0 Å². The zero-order valence-corrected chi connectivity index (χ0v) is 10.5. The van der Waals surface area contributed by atoms with Crippen LogP contribution in [0.1, 0.15) is 24.0 Å². The SMILES string of the molecule is COc1ccc2c(c1)CCNC21CCOC(=O)C1. The van der Waals surface area contributed by atoms with Crippen molar-refractivity contribution in [2.24, 2.45) is 0 Å². The Labute approximate surface area is 106 Å². The van der Waals surface area contributed by atoms with Crippen LogP contribution in [-0.4, -0.2) is 26.2 Å². The molecule has 1 atom stereocenters. The summed E-state index contributed by atoms with van der Waals surface area (Å²) in [7, 11) is 1.68. The third-order valence-corrected chi connectivity index (χ3v) is 3.92. The van der Waals surface area contributed by atoms with Crippen LogP contribution >= 0.6 is 0 Å². The minimum atomic E-state index is -0.227. The molecule has 3 rings (SSSR count). The first-order valence-electron chi connectivity index (χ1n) is 6.32. The molecule has 96 valence electrons. The minimum absolute atomic E-state index is 0.114. The largest absolute Gasteiger partial charge is 0.497 e. The highest BCUT2D eigenvalue weighted by atomic mass is 16.5. The normalized spacial score (nSPS) is 26.6. The van der Waals surface area contributed by atoms with Gasteiger partial charge >= 0.3 is 5.97 Å². The van der Waals surface area contributed by atoms with Crippen molar-refractivity contribution >= 4 is 5.97 Å². The number of fused-ring (bicyclic) bond motifs is 2. The van der Waals surface area contributed by atoms with Crippen molar-refractivity contribution in [1.29, 1.82) is 0 Å². The predicted molar refractivity (Wildman–Crippen MR) is 66.6 cm³/mol. The van der Waals surface area contributed by atoms with Crippen LogP contribution in [0.25, 0.3) is 0 Å². The van der Waals surface area contributed by atoms with Crippen LogP contribution in [0, 0.1) is 0 Å². The van der Waals surface area contributed by atoms with Crippen LogP contribution in [0.2, 0.25) is 0 Å². The summed E-state index contributed by atoms with van der Waals surface area (Å²) in [5.41, 5.74) is 2.28. The Hall–Kier alpha value is -1.55. The van der Waals surface area contributed by atoms with Gasteiger partial charge in [-0.3, -0.25) is 4.79 Å². The Kier molecular flexibility index (Phi) is 2.74. The molecule has 1 spiro atoms. The second kappa shape index (κ2) is 4.28. The lowest BCUT2D eigenvalue weighted by Crippen LogP contribution is -2.51. The number of esters is 1. The molecule has 2 aliphatic rings. The topological polar surface area (TPSA) is 47.6 Å². The third kappa shape index (κ3) is 1.77. The smallest absolute Gasteiger partial charge is 0.308 e. The van der Waals surface area contributed by atoms with E-state index in [-0.39, 0.29) is 11.5 Å². The first kappa shape index (κ1) is 11.5. The molecule has 2 aliphatic heterocycles. The number of carbonyl (C=O) groups is 1. The molecule has 1 aromatic carbocycles. The van der Waals surface area contributed by atoms with Gasteiger partial charge in [-0.25, -0.2) is 0 Å². The number of nitrogens with one attached hydrogen (secondary N) is 1. The van der Waals surface area contributed by atoms with Gasteiger partial charge in [0.1, 0.15) is 5.75 Å². The molecule has 1 unspecified atom stereocenters.